The number of allylic oxidation sites excluding steroid dienone is 3. The Morgan fingerprint density at radius 2 is 0.816 bits per heavy atom. The summed E-state index contributed by atoms with van der Waals surface area (Å²) in [6, 6.07) is 17.2. The minimum absolute atomic E-state index is 0.499. The minimum atomic E-state index is -3.52. The summed E-state index contributed by atoms with van der Waals surface area (Å²) in [6.07, 6.45) is 7.64. The lowest BCUT2D eigenvalue weighted by Crippen LogP contribution is -2.52. The molecule has 0 fully saturated rings. The summed E-state index contributed by atoms with van der Waals surface area (Å²) in [7, 11) is 1.28. The number of benzene rings is 3. The predicted octanol–water partition coefficient (Wildman–Crippen LogP) is 7.00. The first-order valence-corrected chi connectivity index (χ1v) is 14.5. The average molecular weight is 533 g/mol. The van der Waals surface area contributed by atoms with Crippen molar-refractivity contribution in [1.82, 2.24) is 0 Å². The lowest BCUT2D eigenvalue weighted by atomic mass is 10.1. The highest BCUT2D eigenvalue weighted by Crippen LogP contribution is 2.37. The van der Waals surface area contributed by atoms with Crippen LogP contribution in [-0.4, -0.2) is 30.1 Å². The average Bonchev–Trinajstić information content (AvgIpc) is 2.91. The van der Waals surface area contributed by atoms with Gasteiger partial charge in [-0.25, -0.2) is 0 Å². The number of hydrogen-bond donors (Lipinski definition) is 0. The summed E-state index contributed by atoms with van der Waals surface area (Å²) in [4.78, 5) is 0. The van der Waals surface area contributed by atoms with E-state index in [4.69, 9.17) is 27.5 Å². The number of rotatable bonds is 15. The summed E-state index contributed by atoms with van der Waals surface area (Å²) in [5.74, 6) is 3.20. The van der Waals surface area contributed by atoms with E-state index >= 15 is 0 Å². The fourth-order valence-electron chi connectivity index (χ4n) is 3.93. The Kier molecular flexibility index (Phi) is 10.1. The molecule has 0 aromatic heterocycles. The van der Waals surface area contributed by atoms with Crippen molar-refractivity contribution in [2.45, 2.75) is 25.8 Å². The Balaban J connectivity index is 2.05. The molecule has 0 spiro atoms. The van der Waals surface area contributed by atoms with Crippen LogP contribution in [0.1, 0.15) is 16.7 Å². The molecule has 3 aromatic rings. The standard InChI is InChI=1S/C31H36O6Si/c1-8-11-23-14-17-26(29(20-23)32-4)35-38(7,36-27-18-15-24(12-9-2)21-30(27)33-5)37-28-19-16-25(13-10-3)22-31(28)34-6/h8-10,14-22H,1-3,11-13H2,4-7H3. The topological polar surface area (TPSA) is 55.4 Å². The van der Waals surface area contributed by atoms with Crippen LogP contribution < -0.4 is 27.5 Å². The molecular formula is C31H36O6Si. The van der Waals surface area contributed by atoms with E-state index in [9.17, 15) is 0 Å². The molecule has 3 rings (SSSR count). The van der Waals surface area contributed by atoms with E-state index in [0.717, 1.165) is 16.7 Å². The van der Waals surface area contributed by atoms with Crippen LogP contribution in [0, 0.1) is 0 Å². The summed E-state index contributed by atoms with van der Waals surface area (Å²) < 4.78 is 36.5. The summed E-state index contributed by atoms with van der Waals surface area (Å²) in [6.45, 7) is 13.3. The Morgan fingerprint density at radius 1 is 0.526 bits per heavy atom. The quantitative estimate of drug-likeness (QED) is 0.155. The normalized spacial score (nSPS) is 10.7. The van der Waals surface area contributed by atoms with Crippen LogP contribution in [0.2, 0.25) is 6.55 Å². The van der Waals surface area contributed by atoms with E-state index < -0.39 is 8.80 Å². The van der Waals surface area contributed by atoms with Gasteiger partial charge in [-0.2, -0.15) is 0 Å². The zero-order chi connectivity index (χ0) is 27.5. The smallest absolute Gasteiger partial charge is 0.493 e. The van der Waals surface area contributed by atoms with Crippen LogP contribution in [-0.2, 0) is 19.3 Å². The largest absolute Gasteiger partial charge is 0.696 e. The molecule has 0 atom stereocenters. The van der Waals surface area contributed by atoms with Gasteiger partial charge in [0.05, 0.1) is 21.3 Å². The van der Waals surface area contributed by atoms with Crippen LogP contribution in [0.25, 0.3) is 0 Å². The molecule has 0 aliphatic heterocycles. The summed E-state index contributed by atoms with van der Waals surface area (Å²) in [5, 5.41) is 0. The van der Waals surface area contributed by atoms with Crippen molar-refractivity contribution < 1.29 is 27.5 Å². The van der Waals surface area contributed by atoms with E-state index in [1.807, 2.05) is 79.4 Å². The first-order valence-electron chi connectivity index (χ1n) is 12.3. The van der Waals surface area contributed by atoms with Gasteiger partial charge in [0.1, 0.15) is 0 Å². The third-order valence-electron chi connectivity index (χ3n) is 5.71. The number of hydrogen-bond acceptors (Lipinski definition) is 6. The maximum absolute atomic E-state index is 6.52. The highest BCUT2D eigenvalue weighted by molar-refractivity contribution is 6.61. The molecule has 0 radical (unpaired) electrons. The van der Waals surface area contributed by atoms with Crippen molar-refractivity contribution in [2.24, 2.45) is 0 Å². The molecular weight excluding hydrogens is 496 g/mol. The highest BCUT2D eigenvalue weighted by Gasteiger charge is 2.45. The van der Waals surface area contributed by atoms with Gasteiger partial charge < -0.3 is 27.5 Å². The van der Waals surface area contributed by atoms with Gasteiger partial charge in [-0.3, -0.25) is 0 Å². The third-order valence-corrected chi connectivity index (χ3v) is 7.48. The van der Waals surface area contributed by atoms with Gasteiger partial charge in [-0.1, -0.05) is 36.4 Å². The Labute approximate surface area is 227 Å². The van der Waals surface area contributed by atoms with Crippen LogP contribution in [0.5, 0.6) is 34.5 Å². The van der Waals surface area contributed by atoms with Gasteiger partial charge in [0.2, 0.25) is 0 Å². The number of methoxy groups -OCH3 is 3. The van der Waals surface area contributed by atoms with Crippen LogP contribution >= 0.6 is 0 Å². The van der Waals surface area contributed by atoms with Gasteiger partial charge in [0, 0.05) is 6.55 Å². The molecule has 0 N–H and O–H groups in total. The van der Waals surface area contributed by atoms with Gasteiger partial charge in [0.15, 0.2) is 34.5 Å². The lowest BCUT2D eigenvalue weighted by Gasteiger charge is -2.29. The van der Waals surface area contributed by atoms with E-state index in [1.54, 1.807) is 21.3 Å². The SMILES string of the molecule is C=CCc1ccc(O[Si](C)(Oc2ccc(CC=C)cc2OC)Oc2ccc(CC=C)cc2OC)c(OC)c1. The van der Waals surface area contributed by atoms with Crippen molar-refractivity contribution in [1.29, 1.82) is 0 Å². The van der Waals surface area contributed by atoms with Crippen molar-refractivity contribution in [3.63, 3.8) is 0 Å². The Hall–Kier alpha value is -4.10. The first-order chi connectivity index (χ1) is 18.4. The molecule has 6 nitrogen and oxygen atoms in total. The van der Waals surface area contributed by atoms with Crippen molar-refractivity contribution >= 4 is 8.80 Å². The molecule has 3 aromatic carbocycles. The van der Waals surface area contributed by atoms with Gasteiger partial charge in [-0.15, -0.1) is 19.7 Å². The summed E-state index contributed by atoms with van der Waals surface area (Å²) >= 11 is 0. The molecule has 0 bridgehead atoms. The molecule has 7 heteroatoms. The maximum Gasteiger partial charge on any atom is 0.696 e. The van der Waals surface area contributed by atoms with Crippen LogP contribution in [0.3, 0.4) is 0 Å². The Bertz CT molecular complexity index is 1120. The molecule has 0 saturated carbocycles. The monoisotopic (exact) mass is 532 g/mol. The molecule has 200 valence electrons. The molecule has 0 amide bonds. The lowest BCUT2D eigenvalue weighted by molar-refractivity contribution is 0.251. The molecule has 38 heavy (non-hydrogen) atoms. The molecule has 0 unspecified atom stereocenters. The molecule has 0 aliphatic rings. The second-order valence-corrected chi connectivity index (χ2v) is 10.9. The fraction of sp³-hybridized carbons (Fsp3) is 0.226. The van der Waals surface area contributed by atoms with Crippen molar-refractivity contribution in [3.8, 4) is 34.5 Å². The summed E-state index contributed by atoms with van der Waals surface area (Å²) in [5.41, 5.74) is 3.15. The third kappa shape index (κ3) is 7.23. The second kappa shape index (κ2) is 13.4. The molecule has 0 saturated heterocycles. The molecule has 0 heterocycles. The number of ether oxygens (including phenoxy) is 3. The van der Waals surface area contributed by atoms with E-state index in [1.165, 1.54) is 0 Å². The van der Waals surface area contributed by atoms with E-state index in [0.29, 0.717) is 53.8 Å². The van der Waals surface area contributed by atoms with Gasteiger partial charge >= 0.3 is 8.80 Å². The highest BCUT2D eigenvalue weighted by atomic mass is 28.4. The van der Waals surface area contributed by atoms with Crippen molar-refractivity contribution in [2.75, 3.05) is 21.3 Å². The van der Waals surface area contributed by atoms with Crippen molar-refractivity contribution in [3.05, 3.63) is 109 Å². The molecule has 0 aliphatic carbocycles. The van der Waals surface area contributed by atoms with Crippen LogP contribution in [0.15, 0.2) is 92.6 Å². The fourth-order valence-corrected chi connectivity index (χ4v) is 5.76. The first kappa shape index (κ1) is 28.5. The van der Waals surface area contributed by atoms with E-state index in [-0.39, 0.29) is 0 Å². The van der Waals surface area contributed by atoms with Gasteiger partial charge in [0.25, 0.3) is 0 Å². The zero-order valence-corrected chi connectivity index (χ0v) is 23.6. The van der Waals surface area contributed by atoms with Gasteiger partial charge in [-0.05, 0) is 72.4 Å². The Morgan fingerprint density at radius 3 is 1.05 bits per heavy atom. The second-order valence-electron chi connectivity index (χ2n) is 8.60. The van der Waals surface area contributed by atoms with E-state index in [2.05, 4.69) is 19.7 Å². The van der Waals surface area contributed by atoms with Crippen LogP contribution in [0.4, 0.5) is 0 Å². The zero-order valence-electron chi connectivity index (χ0n) is 22.6. The minimum Gasteiger partial charge on any atom is -0.493 e. The maximum atomic E-state index is 6.52. The predicted molar refractivity (Wildman–Crippen MR) is 154 cm³/mol.